The molecular formula is C8H15NO2S2. The molecular weight excluding hydrogens is 206 g/mol. The van der Waals surface area contributed by atoms with Gasteiger partial charge in [0.25, 0.3) is 0 Å². The van der Waals surface area contributed by atoms with E-state index in [4.69, 9.17) is 9.90 Å². The Balaban J connectivity index is 0.000000310. The fraction of sp³-hybridized carbons (Fsp3) is 0.625. The number of rotatable bonds is 2. The lowest BCUT2D eigenvalue weighted by molar-refractivity contribution is 0.205. The van der Waals surface area contributed by atoms with Crippen LogP contribution in [-0.2, 0) is 0 Å². The van der Waals surface area contributed by atoms with Gasteiger partial charge in [-0.25, -0.2) is 4.79 Å². The van der Waals surface area contributed by atoms with Crippen LogP contribution in [0.25, 0.3) is 0 Å². The van der Waals surface area contributed by atoms with Gasteiger partial charge in [0, 0.05) is 5.25 Å². The first-order valence-electron chi connectivity index (χ1n) is 4.11. The lowest BCUT2D eigenvalue weighted by Crippen LogP contribution is -2.03. The normalized spacial score (nSPS) is 20.2. The molecule has 0 saturated heterocycles. The van der Waals surface area contributed by atoms with E-state index in [9.17, 15) is 0 Å². The van der Waals surface area contributed by atoms with Gasteiger partial charge in [0.15, 0.2) is 0 Å². The summed E-state index contributed by atoms with van der Waals surface area (Å²) >= 11 is 0. The highest BCUT2D eigenvalue weighted by atomic mass is 33.1. The Bertz CT molecular complexity index is 191. The first-order chi connectivity index (χ1) is 6.11. The van der Waals surface area contributed by atoms with Crippen molar-refractivity contribution in [3.8, 4) is 0 Å². The van der Waals surface area contributed by atoms with Crippen LogP contribution < -0.4 is 5.73 Å². The number of primary amides is 1. The molecule has 13 heavy (non-hydrogen) atoms. The molecule has 1 atom stereocenters. The molecule has 1 amide bonds. The predicted octanol–water partition coefficient (Wildman–Crippen LogP) is 3.08. The fourth-order valence-electron chi connectivity index (χ4n) is 0.936. The van der Waals surface area contributed by atoms with Gasteiger partial charge in [-0.1, -0.05) is 35.4 Å². The van der Waals surface area contributed by atoms with E-state index in [0.29, 0.717) is 0 Å². The number of carboxylic acid groups (broad SMARTS) is 1. The van der Waals surface area contributed by atoms with Crippen molar-refractivity contribution in [3.05, 3.63) is 11.0 Å². The summed E-state index contributed by atoms with van der Waals surface area (Å²) < 4.78 is 0. The monoisotopic (exact) mass is 221 g/mol. The summed E-state index contributed by atoms with van der Waals surface area (Å²) in [6.45, 7) is 4.49. The summed E-state index contributed by atoms with van der Waals surface area (Å²) in [6, 6.07) is 0. The van der Waals surface area contributed by atoms with Crippen molar-refractivity contribution >= 4 is 27.7 Å². The van der Waals surface area contributed by atoms with Crippen molar-refractivity contribution in [1.29, 1.82) is 0 Å². The van der Waals surface area contributed by atoms with Crippen molar-refractivity contribution in [2.24, 2.45) is 5.73 Å². The summed E-state index contributed by atoms with van der Waals surface area (Å²) in [5.41, 5.74) is 5.66. The molecule has 1 unspecified atom stereocenters. The molecule has 0 spiro atoms. The summed E-state index contributed by atoms with van der Waals surface area (Å²) in [6.07, 6.45) is 1.19. The molecule has 0 radical (unpaired) electrons. The van der Waals surface area contributed by atoms with E-state index in [-0.39, 0.29) is 0 Å². The second-order valence-electron chi connectivity index (χ2n) is 2.47. The van der Waals surface area contributed by atoms with E-state index >= 15 is 0 Å². The largest absolute Gasteiger partial charge is 0.465 e. The lowest BCUT2D eigenvalue weighted by atomic mass is 10.1. The Hall–Kier alpha value is -0.290. The Labute approximate surface area is 86.5 Å². The lowest BCUT2D eigenvalue weighted by Gasteiger charge is -2.06. The molecule has 0 saturated carbocycles. The maximum atomic E-state index is 8.78. The summed E-state index contributed by atoms with van der Waals surface area (Å²) in [5, 5.41) is 10.3. The molecule has 76 valence electrons. The van der Waals surface area contributed by atoms with Crippen molar-refractivity contribution in [2.45, 2.75) is 31.9 Å². The van der Waals surface area contributed by atoms with Crippen LogP contribution in [0.5, 0.6) is 0 Å². The third-order valence-electron chi connectivity index (χ3n) is 1.56. The Morgan fingerprint density at radius 1 is 1.69 bits per heavy atom. The van der Waals surface area contributed by atoms with Crippen molar-refractivity contribution in [2.75, 3.05) is 0 Å². The Morgan fingerprint density at radius 2 is 2.23 bits per heavy atom. The van der Waals surface area contributed by atoms with Gasteiger partial charge in [0.05, 0.1) is 0 Å². The molecule has 0 fully saturated rings. The van der Waals surface area contributed by atoms with Crippen LogP contribution in [0.3, 0.4) is 0 Å². The van der Waals surface area contributed by atoms with Gasteiger partial charge in [0.1, 0.15) is 0 Å². The topological polar surface area (TPSA) is 63.3 Å². The van der Waals surface area contributed by atoms with Crippen LogP contribution in [0.1, 0.15) is 26.7 Å². The third-order valence-corrected chi connectivity index (χ3v) is 4.26. The molecule has 0 aliphatic carbocycles. The zero-order chi connectivity index (χ0) is 10.3. The first kappa shape index (κ1) is 12.7. The van der Waals surface area contributed by atoms with Crippen LogP contribution in [0.15, 0.2) is 11.0 Å². The molecule has 0 aromatic heterocycles. The van der Waals surface area contributed by atoms with E-state index in [1.54, 1.807) is 5.57 Å². The zero-order valence-corrected chi connectivity index (χ0v) is 9.45. The Kier molecular flexibility index (Phi) is 6.99. The molecule has 1 aliphatic rings. The standard InChI is InChI=1S/C7H12S2.CH3NO2/c1-3-6-5-8-9-7(6)4-2;2-1(3)4/h5,7H,3-4H2,1-2H3;2H2,(H,3,4). The molecule has 5 heteroatoms. The Morgan fingerprint density at radius 3 is 2.54 bits per heavy atom. The minimum atomic E-state index is -1.33. The molecule has 0 aromatic carbocycles. The van der Waals surface area contributed by atoms with Gasteiger partial charge in [-0.2, -0.15) is 0 Å². The number of carbonyl (C=O) groups is 1. The third kappa shape index (κ3) is 5.87. The van der Waals surface area contributed by atoms with E-state index in [1.165, 1.54) is 12.8 Å². The molecule has 1 heterocycles. The van der Waals surface area contributed by atoms with Gasteiger partial charge in [-0.15, -0.1) is 0 Å². The minimum absolute atomic E-state index is 0.819. The van der Waals surface area contributed by atoms with Gasteiger partial charge in [-0.3, -0.25) is 0 Å². The first-order valence-corrected chi connectivity index (χ1v) is 6.38. The van der Waals surface area contributed by atoms with Gasteiger partial charge in [0.2, 0.25) is 0 Å². The molecule has 0 aromatic rings. The molecule has 3 nitrogen and oxygen atoms in total. The summed E-state index contributed by atoms with van der Waals surface area (Å²) in [5.74, 6) is 0. The maximum absolute atomic E-state index is 8.78. The average Bonchev–Trinajstić information content (AvgIpc) is 2.49. The molecule has 0 bridgehead atoms. The summed E-state index contributed by atoms with van der Waals surface area (Å²) in [4.78, 5) is 8.78. The van der Waals surface area contributed by atoms with Gasteiger partial charge < -0.3 is 10.8 Å². The van der Waals surface area contributed by atoms with E-state index < -0.39 is 6.09 Å². The highest BCUT2D eigenvalue weighted by Gasteiger charge is 2.16. The second-order valence-corrected chi connectivity index (χ2v) is 4.82. The van der Waals surface area contributed by atoms with Crippen LogP contribution >= 0.6 is 21.6 Å². The van der Waals surface area contributed by atoms with E-state index in [1.807, 2.05) is 21.6 Å². The number of amides is 1. The molecule has 3 N–H and O–H groups in total. The average molecular weight is 221 g/mol. The number of nitrogens with two attached hydrogens (primary N) is 1. The van der Waals surface area contributed by atoms with Crippen molar-refractivity contribution < 1.29 is 9.90 Å². The number of hydrogen-bond donors (Lipinski definition) is 2. The van der Waals surface area contributed by atoms with Crippen LogP contribution in [-0.4, -0.2) is 16.4 Å². The quantitative estimate of drug-likeness (QED) is 0.703. The second kappa shape index (κ2) is 7.15. The molecule has 1 aliphatic heterocycles. The van der Waals surface area contributed by atoms with Gasteiger partial charge in [-0.05, 0) is 23.8 Å². The summed E-state index contributed by atoms with van der Waals surface area (Å²) in [7, 11) is 3.89. The van der Waals surface area contributed by atoms with Crippen LogP contribution in [0.2, 0.25) is 0 Å². The fourth-order valence-corrected chi connectivity index (χ4v) is 3.88. The predicted molar refractivity (Wildman–Crippen MR) is 59.8 cm³/mol. The SMILES string of the molecule is CCC1=CSSC1CC.NC(=O)O. The number of hydrogen-bond acceptors (Lipinski definition) is 3. The van der Waals surface area contributed by atoms with E-state index in [2.05, 4.69) is 25.0 Å². The van der Waals surface area contributed by atoms with Crippen LogP contribution in [0.4, 0.5) is 4.79 Å². The maximum Gasteiger partial charge on any atom is 0.402 e. The highest BCUT2D eigenvalue weighted by molar-refractivity contribution is 8.78. The van der Waals surface area contributed by atoms with E-state index in [0.717, 1.165) is 5.25 Å². The molecule has 1 rings (SSSR count). The smallest absolute Gasteiger partial charge is 0.402 e. The van der Waals surface area contributed by atoms with Gasteiger partial charge >= 0.3 is 6.09 Å². The van der Waals surface area contributed by atoms with Crippen LogP contribution in [0, 0.1) is 0 Å². The van der Waals surface area contributed by atoms with Crippen molar-refractivity contribution in [1.82, 2.24) is 0 Å². The highest BCUT2D eigenvalue weighted by Crippen LogP contribution is 2.42. The zero-order valence-electron chi connectivity index (χ0n) is 7.82. The minimum Gasteiger partial charge on any atom is -0.465 e. The van der Waals surface area contributed by atoms with Crippen molar-refractivity contribution in [3.63, 3.8) is 0 Å².